The van der Waals surface area contributed by atoms with Crippen molar-refractivity contribution in [3.05, 3.63) is 70.4 Å². The van der Waals surface area contributed by atoms with Crippen LogP contribution in [0.1, 0.15) is 30.7 Å². The van der Waals surface area contributed by atoms with Gasteiger partial charge in [-0.3, -0.25) is 0 Å². The summed E-state index contributed by atoms with van der Waals surface area (Å²) in [5, 5.41) is 12.8. The second-order valence-corrected chi connectivity index (χ2v) is 9.97. The Labute approximate surface area is 205 Å². The number of halogens is 2. The predicted molar refractivity (Wildman–Crippen MR) is 139 cm³/mol. The van der Waals surface area contributed by atoms with Gasteiger partial charge in [0.25, 0.3) is 0 Å². The molecular weight excluding hydrogens is 470 g/mol. The van der Waals surface area contributed by atoms with Gasteiger partial charge < -0.3 is 5.32 Å². The van der Waals surface area contributed by atoms with Gasteiger partial charge in [-0.1, -0.05) is 37.6 Å². The monoisotopic (exact) mass is 494 g/mol. The fourth-order valence-corrected chi connectivity index (χ4v) is 4.02. The molecule has 6 nitrogen and oxygen atoms in total. The topological polar surface area (TPSA) is 87.4 Å². The molecule has 3 heterocycles. The summed E-state index contributed by atoms with van der Waals surface area (Å²) in [5.74, 6) is -0.508. The fourth-order valence-electron chi connectivity index (χ4n) is 3.24. The van der Waals surface area contributed by atoms with Crippen molar-refractivity contribution in [1.29, 1.82) is 5.26 Å². The molecule has 0 unspecified atom stereocenters. The molecule has 0 amide bonds. The number of aromatic nitrogens is 4. The molecule has 1 N–H and O–H groups in total. The third-order valence-electron chi connectivity index (χ3n) is 4.86. The molecule has 1 aromatic carbocycles. The first-order chi connectivity index (χ1) is 16.4. The Balaban J connectivity index is 0.00000158. The Morgan fingerprint density at radius 2 is 1.82 bits per heavy atom. The van der Waals surface area contributed by atoms with E-state index in [0.717, 1.165) is 11.1 Å². The Kier molecular flexibility index (Phi) is 8.44. The highest BCUT2D eigenvalue weighted by molar-refractivity contribution is 7.63. The fraction of sp³-hybridized carbons (Fsp3) is 0.240. The molecule has 0 saturated heterocycles. The predicted octanol–water partition coefficient (Wildman–Crippen LogP) is 6.06. The van der Waals surface area contributed by atoms with Gasteiger partial charge in [-0.05, 0) is 45.9 Å². The van der Waals surface area contributed by atoms with E-state index in [-0.39, 0.29) is 5.69 Å². The van der Waals surface area contributed by atoms with E-state index in [9.17, 15) is 4.39 Å². The molecule has 34 heavy (non-hydrogen) atoms. The number of nitrogens with one attached hydrogen (secondary N) is 1. The van der Waals surface area contributed by atoms with Gasteiger partial charge in [0.05, 0.1) is 33.6 Å². The first-order valence-electron chi connectivity index (χ1n) is 10.8. The van der Waals surface area contributed by atoms with Crippen LogP contribution >= 0.6 is 19.5 Å². The van der Waals surface area contributed by atoms with Gasteiger partial charge in [-0.2, -0.15) is 5.26 Å². The van der Waals surface area contributed by atoms with Crippen LogP contribution in [0.25, 0.3) is 22.3 Å². The van der Waals surface area contributed by atoms with Crippen LogP contribution in [0.15, 0.2) is 42.7 Å². The van der Waals surface area contributed by atoms with Gasteiger partial charge in [0, 0.05) is 30.6 Å². The minimum absolute atomic E-state index is 0.136. The normalized spacial score (nSPS) is 10.6. The van der Waals surface area contributed by atoms with Crippen LogP contribution in [-0.4, -0.2) is 33.3 Å². The van der Waals surface area contributed by atoms with E-state index in [2.05, 4.69) is 44.7 Å². The first kappa shape index (κ1) is 25.4. The summed E-state index contributed by atoms with van der Waals surface area (Å²) in [6.07, 6.45) is 3.18. The van der Waals surface area contributed by atoms with Crippen LogP contribution in [0.2, 0.25) is 5.02 Å². The maximum atomic E-state index is 14.9. The Morgan fingerprint density at radius 1 is 1.12 bits per heavy atom. The molecule has 0 atom stereocenters. The average Bonchev–Trinajstić information content (AvgIpc) is 2.85. The summed E-state index contributed by atoms with van der Waals surface area (Å²) >= 11 is 6.56. The summed E-state index contributed by atoms with van der Waals surface area (Å²) < 4.78 is 14.9. The molecule has 174 valence electrons. The van der Waals surface area contributed by atoms with E-state index >= 15 is 0 Å². The molecule has 0 aliphatic carbocycles. The van der Waals surface area contributed by atoms with Crippen molar-refractivity contribution in [2.24, 2.45) is 0 Å². The van der Waals surface area contributed by atoms with E-state index in [1.165, 1.54) is 6.07 Å². The zero-order valence-corrected chi connectivity index (χ0v) is 21.3. The molecule has 0 bridgehead atoms. The molecule has 4 rings (SSSR count). The highest BCUT2D eigenvalue weighted by atomic mass is 35.5. The quantitative estimate of drug-likeness (QED) is 0.339. The molecule has 3 aromatic heterocycles. The van der Waals surface area contributed by atoms with E-state index in [4.69, 9.17) is 16.9 Å². The Morgan fingerprint density at radius 3 is 2.47 bits per heavy atom. The number of benzene rings is 1. The van der Waals surface area contributed by atoms with E-state index in [1.54, 1.807) is 31.5 Å². The number of anilines is 1. The third kappa shape index (κ3) is 5.47. The second kappa shape index (κ2) is 11.3. The maximum absolute atomic E-state index is 14.9. The van der Waals surface area contributed by atoms with E-state index in [0.29, 0.717) is 45.1 Å². The number of aryl methyl sites for hydroxylation is 1. The lowest BCUT2D eigenvalue weighted by Gasteiger charge is -2.14. The molecule has 4 aromatic rings. The number of hydrogen-bond donors (Lipinski definition) is 1. The van der Waals surface area contributed by atoms with Crippen LogP contribution in [0.3, 0.4) is 0 Å². The van der Waals surface area contributed by atoms with Crippen molar-refractivity contribution >= 4 is 41.8 Å². The lowest BCUT2D eigenvalue weighted by molar-refractivity contribution is 0.628. The lowest BCUT2D eigenvalue weighted by Crippen LogP contribution is -2.10. The summed E-state index contributed by atoms with van der Waals surface area (Å²) in [6, 6.07) is 10.7. The van der Waals surface area contributed by atoms with Crippen LogP contribution in [0.5, 0.6) is 0 Å². The van der Waals surface area contributed by atoms with Crippen LogP contribution in [-0.2, 0) is 6.54 Å². The number of rotatable bonds is 5. The lowest BCUT2D eigenvalue weighted by atomic mass is 10.1. The highest BCUT2D eigenvalue weighted by Gasteiger charge is 2.18. The van der Waals surface area contributed by atoms with Gasteiger partial charge in [0.15, 0.2) is 5.82 Å². The zero-order valence-electron chi connectivity index (χ0n) is 19.7. The van der Waals surface area contributed by atoms with Crippen molar-refractivity contribution < 1.29 is 4.39 Å². The minimum Gasteiger partial charge on any atom is -0.378 e. The molecule has 0 spiro atoms. The van der Waals surface area contributed by atoms with Gasteiger partial charge in [0.2, 0.25) is 0 Å². The zero-order chi connectivity index (χ0) is 24.8. The number of fused-ring (bicyclic) bond motifs is 1. The molecule has 0 aliphatic heterocycles. The van der Waals surface area contributed by atoms with Gasteiger partial charge >= 0.3 is 0 Å². The Hall–Kier alpha value is -3.20. The van der Waals surface area contributed by atoms with Crippen molar-refractivity contribution in [3.8, 4) is 17.3 Å². The summed E-state index contributed by atoms with van der Waals surface area (Å²) in [4.78, 5) is 17.7. The van der Waals surface area contributed by atoms with Gasteiger partial charge in [-0.15, -0.1) is 0 Å². The molecular formula is C25H25ClFN6P. The van der Waals surface area contributed by atoms with Crippen molar-refractivity contribution in [1.82, 2.24) is 19.9 Å². The second-order valence-electron chi connectivity index (χ2n) is 7.40. The number of hydrogen-bond acceptors (Lipinski definition) is 6. The molecule has 0 saturated carbocycles. The first-order valence-corrected chi connectivity index (χ1v) is 13.4. The average molecular weight is 495 g/mol. The van der Waals surface area contributed by atoms with Crippen LogP contribution in [0, 0.1) is 24.1 Å². The number of pyridine rings is 2. The van der Waals surface area contributed by atoms with Crippen LogP contribution < -0.4 is 10.9 Å². The summed E-state index contributed by atoms with van der Waals surface area (Å²) in [7, 11) is -0.451. The summed E-state index contributed by atoms with van der Waals surface area (Å²) in [6.45, 7) is 10.3. The summed E-state index contributed by atoms with van der Waals surface area (Å²) in [5.41, 5.74) is 4.80. The van der Waals surface area contributed by atoms with E-state index in [1.807, 2.05) is 26.0 Å². The smallest absolute Gasteiger partial charge is 0.151 e. The molecule has 0 radical (unpaired) electrons. The third-order valence-corrected chi connectivity index (χ3v) is 6.35. The SMILES string of the molecule is CC.Cc1nc2cc(F)c(-c3cnc(P(C)C)nc3)nc2c(NCc2cccc(C#N)c2)c1Cl. The maximum Gasteiger partial charge on any atom is 0.151 e. The van der Waals surface area contributed by atoms with E-state index < -0.39 is 13.7 Å². The van der Waals surface area contributed by atoms with Gasteiger partial charge in [0.1, 0.15) is 16.8 Å². The molecule has 0 aliphatic rings. The van der Waals surface area contributed by atoms with Crippen molar-refractivity contribution in [2.45, 2.75) is 27.3 Å². The molecule has 9 heteroatoms. The Bertz CT molecular complexity index is 1350. The minimum atomic E-state index is -0.508. The molecule has 0 fully saturated rings. The largest absolute Gasteiger partial charge is 0.378 e. The highest BCUT2D eigenvalue weighted by Crippen LogP contribution is 2.34. The standard InChI is InChI=1S/C23H19ClFN6P.C2H6/c1-13-19(24)22(27-10-15-6-4-5-14(7-15)9-26)21-18(30-13)8-17(25)20(31-21)16-11-28-23(29-12-16)32(2)3;1-2/h4-8,11-12H,10H2,1-3H3,(H,27,30);1-2H3. The van der Waals surface area contributed by atoms with Gasteiger partial charge in [-0.25, -0.2) is 24.3 Å². The number of nitrogens with zero attached hydrogens (tertiary/aromatic N) is 5. The number of nitriles is 1. The van der Waals surface area contributed by atoms with Crippen LogP contribution in [0.4, 0.5) is 10.1 Å². The van der Waals surface area contributed by atoms with Crippen molar-refractivity contribution in [2.75, 3.05) is 18.6 Å². The van der Waals surface area contributed by atoms with Crippen molar-refractivity contribution in [3.63, 3.8) is 0 Å².